The van der Waals surface area contributed by atoms with E-state index in [1.54, 1.807) is 0 Å². The predicted molar refractivity (Wildman–Crippen MR) is 83.2 cm³/mol. The number of nitrogens with zero attached hydrogens (tertiary/aromatic N) is 1. The fraction of sp³-hybridized carbons (Fsp3) is 0.812. The molecule has 1 fully saturated rings. The maximum atomic E-state index is 6.01. The molecule has 2 aliphatic carbocycles. The van der Waals surface area contributed by atoms with Crippen LogP contribution in [0.25, 0.3) is 0 Å². The van der Waals surface area contributed by atoms with Crippen LogP contribution in [-0.4, -0.2) is 18.6 Å². The van der Waals surface area contributed by atoms with Crippen molar-refractivity contribution in [2.24, 2.45) is 5.73 Å². The molecule has 0 spiro atoms. The normalized spacial score (nSPS) is 26.0. The van der Waals surface area contributed by atoms with Gasteiger partial charge in [-0.1, -0.05) is 25.7 Å². The molecule has 3 rings (SSSR count). The van der Waals surface area contributed by atoms with Crippen molar-refractivity contribution in [3.63, 3.8) is 0 Å². The van der Waals surface area contributed by atoms with Gasteiger partial charge in [0.05, 0.1) is 5.69 Å². The molecule has 0 amide bonds. The monoisotopic (exact) mass is 294 g/mol. The Morgan fingerprint density at radius 2 is 2.00 bits per heavy atom. The molecule has 1 unspecified atom stereocenters. The second-order valence-corrected chi connectivity index (χ2v) is 7.35. The average molecular weight is 294 g/mol. The average Bonchev–Trinajstić information content (AvgIpc) is 2.78. The minimum atomic E-state index is -0.113. The van der Waals surface area contributed by atoms with Crippen LogP contribution in [0.3, 0.4) is 0 Å². The second kappa shape index (κ2) is 6.12. The lowest BCUT2D eigenvalue weighted by molar-refractivity contribution is -0.0281. The standard InChI is InChI=1S/C16H26N2OS/c1-19-16(9-4-2-3-5-10-16)15-18-14-12(11-17)7-6-8-13(14)20-15/h12H,2-11,17H2,1H3. The van der Waals surface area contributed by atoms with Gasteiger partial charge in [-0.3, -0.25) is 0 Å². The summed E-state index contributed by atoms with van der Waals surface area (Å²) in [4.78, 5) is 6.50. The first-order valence-electron chi connectivity index (χ1n) is 8.04. The highest BCUT2D eigenvalue weighted by Crippen LogP contribution is 2.44. The van der Waals surface area contributed by atoms with Gasteiger partial charge in [-0.05, 0) is 32.1 Å². The zero-order valence-electron chi connectivity index (χ0n) is 12.5. The van der Waals surface area contributed by atoms with E-state index < -0.39 is 0 Å². The highest BCUT2D eigenvalue weighted by molar-refractivity contribution is 7.11. The molecule has 2 aliphatic rings. The molecule has 20 heavy (non-hydrogen) atoms. The first-order valence-corrected chi connectivity index (χ1v) is 8.86. The van der Waals surface area contributed by atoms with Crippen LogP contribution < -0.4 is 5.73 Å². The zero-order chi connectivity index (χ0) is 14.0. The molecule has 112 valence electrons. The molecule has 1 heterocycles. The summed E-state index contributed by atoms with van der Waals surface area (Å²) >= 11 is 1.90. The molecule has 3 nitrogen and oxygen atoms in total. The van der Waals surface area contributed by atoms with E-state index in [-0.39, 0.29) is 5.60 Å². The van der Waals surface area contributed by atoms with Crippen molar-refractivity contribution in [2.75, 3.05) is 13.7 Å². The Bertz CT molecular complexity index is 449. The van der Waals surface area contributed by atoms with Crippen molar-refractivity contribution in [3.8, 4) is 0 Å². The SMILES string of the molecule is COC1(c2nc3c(s2)CCCC3CN)CCCCCC1. The number of aryl methyl sites for hydroxylation is 1. The number of aromatic nitrogens is 1. The Kier molecular flexibility index (Phi) is 4.43. The molecule has 1 saturated carbocycles. The first kappa shape index (κ1) is 14.5. The van der Waals surface area contributed by atoms with E-state index in [0.717, 1.165) is 19.4 Å². The van der Waals surface area contributed by atoms with Crippen LogP contribution >= 0.6 is 11.3 Å². The number of methoxy groups -OCH3 is 1. The van der Waals surface area contributed by atoms with Gasteiger partial charge in [0.2, 0.25) is 0 Å². The minimum absolute atomic E-state index is 0.113. The van der Waals surface area contributed by atoms with Crippen molar-refractivity contribution < 1.29 is 4.74 Å². The van der Waals surface area contributed by atoms with E-state index >= 15 is 0 Å². The molecule has 0 radical (unpaired) electrons. The van der Waals surface area contributed by atoms with Crippen molar-refractivity contribution in [2.45, 2.75) is 69.3 Å². The van der Waals surface area contributed by atoms with E-state index in [4.69, 9.17) is 15.5 Å². The van der Waals surface area contributed by atoms with Gasteiger partial charge in [0, 0.05) is 24.4 Å². The van der Waals surface area contributed by atoms with E-state index in [1.807, 2.05) is 18.4 Å². The minimum Gasteiger partial charge on any atom is -0.371 e. The van der Waals surface area contributed by atoms with Gasteiger partial charge in [0.25, 0.3) is 0 Å². The zero-order valence-corrected chi connectivity index (χ0v) is 13.3. The van der Waals surface area contributed by atoms with Gasteiger partial charge in [-0.2, -0.15) is 0 Å². The Morgan fingerprint density at radius 3 is 2.65 bits per heavy atom. The number of nitrogens with two attached hydrogens (primary N) is 1. The molecule has 1 aromatic rings. The molecular weight excluding hydrogens is 268 g/mol. The molecule has 0 bridgehead atoms. The van der Waals surface area contributed by atoms with Crippen LogP contribution in [0, 0.1) is 0 Å². The summed E-state index contributed by atoms with van der Waals surface area (Å²) in [5.74, 6) is 0.475. The molecule has 4 heteroatoms. The summed E-state index contributed by atoms with van der Waals surface area (Å²) in [6.07, 6.45) is 11.1. The van der Waals surface area contributed by atoms with Gasteiger partial charge >= 0.3 is 0 Å². The quantitative estimate of drug-likeness (QED) is 0.864. The van der Waals surface area contributed by atoms with Crippen LogP contribution in [0.1, 0.15) is 72.9 Å². The number of thiazole rings is 1. The Balaban J connectivity index is 1.94. The van der Waals surface area contributed by atoms with Crippen molar-refractivity contribution in [3.05, 3.63) is 15.6 Å². The van der Waals surface area contributed by atoms with Gasteiger partial charge in [-0.15, -0.1) is 11.3 Å². The molecule has 0 aliphatic heterocycles. The van der Waals surface area contributed by atoms with E-state index in [0.29, 0.717) is 5.92 Å². The summed E-state index contributed by atoms with van der Waals surface area (Å²) in [7, 11) is 1.87. The lowest BCUT2D eigenvalue weighted by Crippen LogP contribution is -2.28. The second-order valence-electron chi connectivity index (χ2n) is 6.26. The van der Waals surface area contributed by atoms with E-state index in [9.17, 15) is 0 Å². The number of hydrogen-bond acceptors (Lipinski definition) is 4. The third-order valence-electron chi connectivity index (χ3n) is 5.05. The highest BCUT2D eigenvalue weighted by Gasteiger charge is 2.37. The summed E-state index contributed by atoms with van der Waals surface area (Å²) in [6, 6.07) is 0. The lowest BCUT2D eigenvalue weighted by atomic mass is 9.90. The lowest BCUT2D eigenvalue weighted by Gasteiger charge is -2.29. The van der Waals surface area contributed by atoms with Crippen LogP contribution in [0.4, 0.5) is 0 Å². The fourth-order valence-corrected chi connectivity index (χ4v) is 5.15. The van der Waals surface area contributed by atoms with Crippen LogP contribution in [0.15, 0.2) is 0 Å². The van der Waals surface area contributed by atoms with Crippen molar-refractivity contribution in [1.29, 1.82) is 0 Å². The maximum absolute atomic E-state index is 6.01. The summed E-state index contributed by atoms with van der Waals surface area (Å²) in [5.41, 5.74) is 7.11. The number of fused-ring (bicyclic) bond motifs is 1. The highest BCUT2D eigenvalue weighted by atomic mass is 32.1. The first-order chi connectivity index (χ1) is 9.79. The Labute approximate surface area is 125 Å². The topological polar surface area (TPSA) is 48.1 Å². The van der Waals surface area contributed by atoms with Crippen LogP contribution in [-0.2, 0) is 16.8 Å². The number of hydrogen-bond donors (Lipinski definition) is 1. The molecule has 0 saturated heterocycles. The van der Waals surface area contributed by atoms with E-state index in [2.05, 4.69) is 0 Å². The fourth-order valence-electron chi connectivity index (χ4n) is 3.74. The summed E-state index contributed by atoms with van der Waals surface area (Å²) in [5, 5.41) is 1.23. The Morgan fingerprint density at radius 1 is 1.25 bits per heavy atom. The van der Waals surface area contributed by atoms with Crippen molar-refractivity contribution in [1.82, 2.24) is 4.98 Å². The number of rotatable bonds is 3. The van der Waals surface area contributed by atoms with Gasteiger partial charge in [0.1, 0.15) is 10.6 Å². The maximum Gasteiger partial charge on any atom is 0.125 e. The van der Waals surface area contributed by atoms with Gasteiger partial charge < -0.3 is 10.5 Å². The molecule has 2 N–H and O–H groups in total. The molecule has 1 atom stereocenters. The van der Waals surface area contributed by atoms with Crippen LogP contribution in [0.5, 0.6) is 0 Å². The Hall–Kier alpha value is -0.450. The van der Waals surface area contributed by atoms with Gasteiger partial charge in [0.15, 0.2) is 0 Å². The van der Waals surface area contributed by atoms with Crippen LogP contribution in [0.2, 0.25) is 0 Å². The van der Waals surface area contributed by atoms with Crippen molar-refractivity contribution >= 4 is 11.3 Å². The number of ether oxygens (including phenoxy) is 1. The summed E-state index contributed by atoms with van der Waals surface area (Å²) in [6.45, 7) is 0.732. The predicted octanol–water partition coefficient (Wildman–Crippen LogP) is 3.72. The smallest absolute Gasteiger partial charge is 0.125 e. The third kappa shape index (κ3) is 2.53. The van der Waals surface area contributed by atoms with E-state index in [1.165, 1.54) is 60.5 Å². The molecule has 0 aromatic carbocycles. The molecule has 1 aromatic heterocycles. The largest absolute Gasteiger partial charge is 0.371 e. The van der Waals surface area contributed by atoms with Gasteiger partial charge in [-0.25, -0.2) is 4.98 Å². The third-order valence-corrected chi connectivity index (χ3v) is 6.36. The molecular formula is C16H26N2OS. The summed E-state index contributed by atoms with van der Waals surface area (Å²) < 4.78 is 6.01.